The number of rotatable bonds is 7. The molecule has 0 spiro atoms. The van der Waals surface area contributed by atoms with Gasteiger partial charge in [-0.1, -0.05) is 36.4 Å². The standard InChI is InChI=1S/C25H27N5O2S2/c1-28-9-11-29(12-10-28)14-20(18-6-3-2-4-7-18)27-22(31)15-30-17-26-24-23(25(30)32)19(16-34-24)21-8-5-13-33-21/h2-8,13,16-17,20H,9-12,14-15H2,1H3,(H,27,31). The summed E-state index contributed by atoms with van der Waals surface area (Å²) in [5, 5.41) is 7.72. The molecule has 1 N–H and O–H groups in total. The summed E-state index contributed by atoms with van der Waals surface area (Å²) >= 11 is 3.04. The van der Waals surface area contributed by atoms with Crippen molar-refractivity contribution in [1.82, 2.24) is 24.7 Å². The molecule has 0 bridgehead atoms. The van der Waals surface area contributed by atoms with Crippen LogP contribution in [0.15, 0.2) is 64.3 Å². The zero-order valence-electron chi connectivity index (χ0n) is 19.0. The van der Waals surface area contributed by atoms with Gasteiger partial charge in [-0.25, -0.2) is 4.98 Å². The normalized spacial score (nSPS) is 16.0. The van der Waals surface area contributed by atoms with E-state index in [1.54, 1.807) is 11.3 Å². The van der Waals surface area contributed by atoms with Crippen LogP contribution in [0, 0.1) is 0 Å². The van der Waals surface area contributed by atoms with Crippen molar-refractivity contribution in [2.75, 3.05) is 39.8 Å². The smallest absolute Gasteiger partial charge is 0.263 e. The van der Waals surface area contributed by atoms with E-state index in [1.165, 1.54) is 22.2 Å². The van der Waals surface area contributed by atoms with E-state index in [1.807, 2.05) is 53.2 Å². The van der Waals surface area contributed by atoms with Gasteiger partial charge in [0.1, 0.15) is 11.4 Å². The lowest BCUT2D eigenvalue weighted by molar-refractivity contribution is -0.122. The molecule has 3 aromatic heterocycles. The van der Waals surface area contributed by atoms with Crippen LogP contribution < -0.4 is 10.9 Å². The lowest BCUT2D eigenvalue weighted by atomic mass is 10.1. The number of nitrogens with zero attached hydrogens (tertiary/aromatic N) is 4. The monoisotopic (exact) mass is 493 g/mol. The Kier molecular flexibility index (Phi) is 6.87. The van der Waals surface area contributed by atoms with E-state index in [4.69, 9.17) is 0 Å². The fourth-order valence-corrected chi connectivity index (χ4v) is 6.02. The van der Waals surface area contributed by atoms with Crippen molar-refractivity contribution >= 4 is 38.8 Å². The van der Waals surface area contributed by atoms with Crippen LogP contribution in [0.3, 0.4) is 0 Å². The van der Waals surface area contributed by atoms with Crippen LogP contribution in [0.5, 0.6) is 0 Å². The van der Waals surface area contributed by atoms with Crippen molar-refractivity contribution in [1.29, 1.82) is 0 Å². The van der Waals surface area contributed by atoms with Crippen molar-refractivity contribution in [3.63, 3.8) is 0 Å². The Morgan fingerprint density at radius 2 is 1.88 bits per heavy atom. The second kappa shape index (κ2) is 10.2. The summed E-state index contributed by atoms with van der Waals surface area (Å²) in [5.74, 6) is -0.195. The third kappa shape index (κ3) is 4.97. The number of fused-ring (bicyclic) bond motifs is 1. The average molecular weight is 494 g/mol. The summed E-state index contributed by atoms with van der Waals surface area (Å²) < 4.78 is 1.42. The van der Waals surface area contributed by atoms with Crippen LogP contribution in [0.2, 0.25) is 0 Å². The Hall–Kier alpha value is -2.85. The summed E-state index contributed by atoms with van der Waals surface area (Å²) in [6.07, 6.45) is 1.48. The zero-order valence-corrected chi connectivity index (χ0v) is 20.6. The molecular formula is C25H27N5O2S2. The first-order valence-electron chi connectivity index (χ1n) is 11.3. The topological polar surface area (TPSA) is 70.5 Å². The molecule has 1 unspecified atom stereocenters. The highest BCUT2D eigenvalue weighted by Gasteiger charge is 2.22. The molecule has 34 heavy (non-hydrogen) atoms. The van der Waals surface area contributed by atoms with Gasteiger partial charge < -0.3 is 10.2 Å². The quantitative estimate of drug-likeness (QED) is 0.428. The fraction of sp³-hybridized carbons (Fsp3) is 0.320. The van der Waals surface area contributed by atoms with Gasteiger partial charge >= 0.3 is 0 Å². The van der Waals surface area contributed by atoms with E-state index in [9.17, 15) is 9.59 Å². The summed E-state index contributed by atoms with van der Waals surface area (Å²) in [5.41, 5.74) is 1.77. The molecule has 0 radical (unpaired) electrons. The highest BCUT2D eigenvalue weighted by molar-refractivity contribution is 7.18. The summed E-state index contributed by atoms with van der Waals surface area (Å²) in [7, 11) is 2.13. The Morgan fingerprint density at radius 3 is 2.62 bits per heavy atom. The molecule has 1 amide bonds. The minimum atomic E-state index is -0.195. The fourth-order valence-electron chi connectivity index (χ4n) is 4.30. The van der Waals surface area contributed by atoms with Crippen molar-refractivity contribution in [2.45, 2.75) is 12.6 Å². The van der Waals surface area contributed by atoms with E-state index >= 15 is 0 Å². The molecule has 0 aliphatic carbocycles. The molecule has 1 aromatic carbocycles. The number of thiophene rings is 2. The second-order valence-corrected chi connectivity index (χ2v) is 10.4. The average Bonchev–Trinajstić information content (AvgIpc) is 3.53. The molecule has 1 fully saturated rings. The van der Waals surface area contributed by atoms with Crippen molar-refractivity contribution in [3.05, 3.63) is 75.5 Å². The molecule has 0 saturated carbocycles. The minimum absolute atomic E-state index is 0.0619. The van der Waals surface area contributed by atoms with E-state index in [-0.39, 0.29) is 24.1 Å². The van der Waals surface area contributed by atoms with Crippen molar-refractivity contribution in [2.24, 2.45) is 0 Å². The molecule has 7 nitrogen and oxygen atoms in total. The lowest BCUT2D eigenvalue weighted by Crippen LogP contribution is -2.48. The Balaban J connectivity index is 1.35. The molecule has 9 heteroatoms. The van der Waals surface area contributed by atoms with Gasteiger partial charge in [0.05, 0.1) is 17.8 Å². The molecular weight excluding hydrogens is 466 g/mol. The third-order valence-corrected chi connectivity index (χ3v) is 8.02. The second-order valence-electron chi connectivity index (χ2n) is 8.62. The third-order valence-electron chi connectivity index (χ3n) is 6.24. The van der Waals surface area contributed by atoms with Crippen LogP contribution >= 0.6 is 22.7 Å². The molecule has 4 aromatic rings. The number of piperazine rings is 1. The number of carbonyl (C=O) groups excluding carboxylic acids is 1. The van der Waals surface area contributed by atoms with Gasteiger partial charge in [-0.3, -0.25) is 19.1 Å². The first-order chi connectivity index (χ1) is 16.6. The summed E-state index contributed by atoms with van der Waals surface area (Å²) in [6, 6.07) is 13.9. The van der Waals surface area contributed by atoms with Crippen molar-refractivity contribution < 1.29 is 4.79 Å². The summed E-state index contributed by atoms with van der Waals surface area (Å²) in [6.45, 7) is 4.66. The lowest BCUT2D eigenvalue weighted by Gasteiger charge is -2.35. The first-order valence-corrected chi connectivity index (χ1v) is 13.1. The highest BCUT2D eigenvalue weighted by atomic mass is 32.1. The molecule has 1 aliphatic rings. The van der Waals surface area contributed by atoms with Gasteiger partial charge in [0, 0.05) is 48.5 Å². The van der Waals surface area contributed by atoms with Gasteiger partial charge in [0.25, 0.3) is 5.56 Å². The van der Waals surface area contributed by atoms with Crippen LogP contribution in [0.4, 0.5) is 0 Å². The molecule has 5 rings (SSSR count). The van der Waals surface area contributed by atoms with E-state index in [2.05, 4.69) is 27.1 Å². The van der Waals surface area contributed by atoms with E-state index in [0.29, 0.717) is 10.2 Å². The van der Waals surface area contributed by atoms with Gasteiger partial charge in [0.15, 0.2) is 0 Å². The highest BCUT2D eigenvalue weighted by Crippen LogP contribution is 2.33. The van der Waals surface area contributed by atoms with Crippen LogP contribution in [0.1, 0.15) is 11.6 Å². The number of likely N-dealkylation sites (N-methyl/N-ethyl adjacent to an activating group) is 1. The largest absolute Gasteiger partial charge is 0.346 e. The first kappa shape index (κ1) is 22.9. The summed E-state index contributed by atoms with van der Waals surface area (Å²) in [4.78, 5) is 37.3. The Labute approximate surface area is 206 Å². The van der Waals surface area contributed by atoms with E-state index in [0.717, 1.165) is 48.7 Å². The van der Waals surface area contributed by atoms with Gasteiger partial charge in [-0.2, -0.15) is 0 Å². The number of nitrogens with one attached hydrogen (secondary N) is 1. The minimum Gasteiger partial charge on any atom is -0.346 e. The maximum atomic E-state index is 13.3. The predicted octanol–water partition coefficient (Wildman–Crippen LogP) is 3.29. The molecule has 176 valence electrons. The molecule has 4 heterocycles. The Morgan fingerprint density at radius 1 is 1.09 bits per heavy atom. The van der Waals surface area contributed by atoms with E-state index < -0.39 is 0 Å². The van der Waals surface area contributed by atoms with Crippen LogP contribution in [0.25, 0.3) is 20.7 Å². The molecule has 1 atom stereocenters. The van der Waals surface area contributed by atoms with Crippen LogP contribution in [-0.4, -0.2) is 65.0 Å². The number of hydrogen-bond acceptors (Lipinski definition) is 7. The van der Waals surface area contributed by atoms with Gasteiger partial charge in [0.2, 0.25) is 5.91 Å². The number of benzene rings is 1. The number of amides is 1. The number of carbonyl (C=O) groups is 1. The van der Waals surface area contributed by atoms with Crippen molar-refractivity contribution in [3.8, 4) is 10.4 Å². The number of aromatic nitrogens is 2. The van der Waals surface area contributed by atoms with Gasteiger partial charge in [-0.05, 0) is 24.1 Å². The Bertz CT molecular complexity index is 1310. The molecule has 1 saturated heterocycles. The van der Waals surface area contributed by atoms with Crippen LogP contribution in [-0.2, 0) is 11.3 Å². The molecule has 1 aliphatic heterocycles. The zero-order chi connectivity index (χ0) is 23.5. The maximum absolute atomic E-state index is 13.3. The maximum Gasteiger partial charge on any atom is 0.263 e. The van der Waals surface area contributed by atoms with Gasteiger partial charge in [-0.15, -0.1) is 22.7 Å². The SMILES string of the molecule is CN1CCN(CC(NC(=O)Cn2cnc3scc(-c4cccs4)c3c2=O)c2ccccc2)CC1. The predicted molar refractivity (Wildman–Crippen MR) is 138 cm³/mol. The number of hydrogen-bond donors (Lipinski definition) is 1.